The molecule has 0 aliphatic heterocycles. The quantitative estimate of drug-likeness (QED) is 0.193. The summed E-state index contributed by atoms with van der Waals surface area (Å²) in [6, 6.07) is 28.4. The maximum Gasteiger partial charge on any atom is 0.119 e. The second-order valence-electron chi connectivity index (χ2n) is 10.5. The number of nitrogens with zero attached hydrogens (tertiary/aromatic N) is 4. The van der Waals surface area contributed by atoms with Crippen molar-refractivity contribution < 1.29 is 4.74 Å². The molecule has 4 aromatic rings. The molecule has 39 heavy (non-hydrogen) atoms. The Morgan fingerprint density at radius 2 is 1.18 bits per heavy atom. The number of hydrogen-bond acceptors (Lipinski definition) is 5. The van der Waals surface area contributed by atoms with Gasteiger partial charge in [0.15, 0.2) is 0 Å². The first-order valence-corrected chi connectivity index (χ1v) is 14.4. The highest BCUT2D eigenvalue weighted by Gasteiger charge is 2.21. The molecule has 0 radical (unpaired) electrons. The number of fused-ring (bicyclic) bond motifs is 1. The van der Waals surface area contributed by atoms with E-state index in [0.29, 0.717) is 12.5 Å². The van der Waals surface area contributed by atoms with Gasteiger partial charge in [-0.25, -0.2) is 0 Å². The molecule has 1 aliphatic rings. The molecule has 200 valence electrons. The summed E-state index contributed by atoms with van der Waals surface area (Å²) in [6.45, 7) is 5.10. The lowest BCUT2D eigenvalue weighted by atomic mass is 9.77. The molecule has 1 aliphatic carbocycles. The average molecular weight is 519 g/mol. The smallest absolute Gasteiger partial charge is 0.119 e. The van der Waals surface area contributed by atoms with Crippen molar-refractivity contribution in [2.45, 2.75) is 64.7 Å². The highest BCUT2D eigenvalue weighted by atomic mass is 16.5. The maximum absolute atomic E-state index is 5.65. The number of hydrogen-bond donors (Lipinski definition) is 0. The summed E-state index contributed by atoms with van der Waals surface area (Å²) in [5, 5.41) is 20.2. The van der Waals surface area contributed by atoms with Crippen LogP contribution in [0, 0.1) is 5.92 Å². The van der Waals surface area contributed by atoms with Gasteiger partial charge in [-0.1, -0.05) is 63.1 Å². The highest BCUT2D eigenvalue weighted by Crippen LogP contribution is 2.38. The molecule has 5 rings (SSSR count). The zero-order chi connectivity index (χ0) is 26.9. The number of ether oxygens (including phenoxy) is 1. The molecule has 0 amide bonds. The van der Waals surface area contributed by atoms with Gasteiger partial charge < -0.3 is 4.74 Å². The van der Waals surface area contributed by atoms with E-state index in [4.69, 9.17) is 4.74 Å². The maximum atomic E-state index is 5.65. The molecular weight excluding hydrogens is 480 g/mol. The molecule has 1 fully saturated rings. The zero-order valence-electron chi connectivity index (χ0n) is 23.1. The van der Waals surface area contributed by atoms with Gasteiger partial charge in [0.1, 0.15) is 5.75 Å². The Morgan fingerprint density at radius 1 is 0.615 bits per heavy atom. The molecule has 0 unspecified atom stereocenters. The molecule has 0 atom stereocenters. The van der Waals surface area contributed by atoms with Gasteiger partial charge in [-0.15, -0.1) is 10.2 Å². The van der Waals surface area contributed by atoms with Gasteiger partial charge in [0.25, 0.3) is 0 Å². The Hall–Kier alpha value is -3.86. The van der Waals surface area contributed by atoms with Crippen molar-refractivity contribution in [1.82, 2.24) is 0 Å². The van der Waals surface area contributed by atoms with Gasteiger partial charge in [0.05, 0.1) is 29.4 Å². The van der Waals surface area contributed by atoms with Crippen LogP contribution < -0.4 is 4.74 Å². The first-order chi connectivity index (χ1) is 19.2. The number of rotatable bonds is 10. The van der Waals surface area contributed by atoms with Gasteiger partial charge >= 0.3 is 0 Å². The van der Waals surface area contributed by atoms with Crippen molar-refractivity contribution in [2.75, 3.05) is 6.61 Å². The third-order valence-corrected chi connectivity index (χ3v) is 7.64. The average Bonchev–Trinajstić information content (AvgIpc) is 2.99. The first kappa shape index (κ1) is 26.7. The van der Waals surface area contributed by atoms with E-state index in [1.54, 1.807) is 0 Å². The Morgan fingerprint density at radius 3 is 1.72 bits per heavy atom. The van der Waals surface area contributed by atoms with E-state index in [2.05, 4.69) is 70.7 Å². The minimum absolute atomic E-state index is 0.682. The van der Waals surface area contributed by atoms with Crippen LogP contribution in [0.15, 0.2) is 105 Å². The normalized spacial score (nSPS) is 17.8. The minimum Gasteiger partial charge on any atom is -0.494 e. The SMILES string of the molecule is CCCOc1ccc(N=Nc2ccc(N=Nc3ccc(C4CCC(CCC)CC4)cc3)c3ccccc23)cc1. The number of azo groups is 2. The second kappa shape index (κ2) is 13.3. The van der Waals surface area contributed by atoms with Crippen LogP contribution in [0.2, 0.25) is 0 Å². The Labute approximate surface area is 232 Å². The van der Waals surface area contributed by atoms with Gasteiger partial charge in [-0.2, -0.15) is 10.2 Å². The van der Waals surface area contributed by atoms with Gasteiger partial charge in [-0.05, 0) is 98.0 Å². The van der Waals surface area contributed by atoms with E-state index in [9.17, 15) is 0 Å². The number of benzene rings is 4. The Balaban J connectivity index is 1.28. The summed E-state index contributed by atoms with van der Waals surface area (Å²) >= 11 is 0. The van der Waals surface area contributed by atoms with E-state index in [1.165, 1.54) is 44.1 Å². The molecular formula is C34H38N4O. The molecule has 0 bridgehead atoms. The van der Waals surface area contributed by atoms with Crippen LogP contribution in [-0.2, 0) is 0 Å². The summed E-state index contributed by atoms with van der Waals surface area (Å²) in [7, 11) is 0. The Kier molecular flexibility index (Phi) is 9.10. The van der Waals surface area contributed by atoms with E-state index in [1.807, 2.05) is 48.5 Å². The summed E-state index contributed by atoms with van der Waals surface area (Å²) in [5.74, 6) is 2.46. The molecule has 0 N–H and O–H groups in total. The standard InChI is InChI=1S/C34H38N4O/c1-3-7-25-10-12-26(13-11-25)27-14-16-28(17-15-27)35-37-33-22-23-34(32-9-6-5-8-31(32)33)38-36-29-18-20-30(21-19-29)39-24-4-2/h5-6,8-9,14-23,25-26H,3-4,7,10-13,24H2,1-2H3. The predicted molar refractivity (Wildman–Crippen MR) is 161 cm³/mol. The van der Waals surface area contributed by atoms with E-state index in [0.717, 1.165) is 51.6 Å². The fourth-order valence-electron chi connectivity index (χ4n) is 5.50. The minimum atomic E-state index is 0.682. The summed E-state index contributed by atoms with van der Waals surface area (Å²) in [5.41, 5.74) is 4.71. The van der Waals surface area contributed by atoms with Crippen molar-refractivity contribution in [3.05, 3.63) is 90.5 Å². The third kappa shape index (κ3) is 6.97. The molecule has 0 aromatic heterocycles. The van der Waals surface area contributed by atoms with Crippen LogP contribution in [-0.4, -0.2) is 6.61 Å². The van der Waals surface area contributed by atoms with Crippen molar-refractivity contribution in [3.8, 4) is 5.75 Å². The van der Waals surface area contributed by atoms with Crippen LogP contribution in [0.25, 0.3) is 10.8 Å². The van der Waals surface area contributed by atoms with Crippen LogP contribution in [0.1, 0.15) is 70.3 Å². The zero-order valence-corrected chi connectivity index (χ0v) is 23.1. The van der Waals surface area contributed by atoms with E-state index < -0.39 is 0 Å². The Bertz CT molecular complexity index is 1400. The van der Waals surface area contributed by atoms with Crippen molar-refractivity contribution in [3.63, 3.8) is 0 Å². The molecule has 4 aromatic carbocycles. The fraction of sp³-hybridized carbons (Fsp3) is 0.353. The van der Waals surface area contributed by atoms with Crippen LogP contribution in [0.3, 0.4) is 0 Å². The lowest BCUT2D eigenvalue weighted by Crippen LogP contribution is -2.13. The van der Waals surface area contributed by atoms with E-state index >= 15 is 0 Å². The topological polar surface area (TPSA) is 58.7 Å². The van der Waals surface area contributed by atoms with Crippen molar-refractivity contribution in [2.24, 2.45) is 26.4 Å². The lowest BCUT2D eigenvalue weighted by molar-refractivity contribution is 0.308. The fourth-order valence-corrected chi connectivity index (χ4v) is 5.50. The highest BCUT2D eigenvalue weighted by molar-refractivity contribution is 5.99. The molecule has 0 heterocycles. The predicted octanol–water partition coefficient (Wildman–Crippen LogP) is 11.5. The third-order valence-electron chi connectivity index (χ3n) is 7.64. The molecule has 5 heteroatoms. The monoisotopic (exact) mass is 518 g/mol. The van der Waals surface area contributed by atoms with Crippen LogP contribution in [0.4, 0.5) is 22.7 Å². The van der Waals surface area contributed by atoms with Gasteiger partial charge in [-0.3, -0.25) is 0 Å². The first-order valence-electron chi connectivity index (χ1n) is 14.4. The molecule has 5 nitrogen and oxygen atoms in total. The largest absolute Gasteiger partial charge is 0.494 e. The second-order valence-corrected chi connectivity index (χ2v) is 10.5. The van der Waals surface area contributed by atoms with Crippen molar-refractivity contribution in [1.29, 1.82) is 0 Å². The van der Waals surface area contributed by atoms with Gasteiger partial charge in [0, 0.05) is 10.8 Å². The summed E-state index contributed by atoms with van der Waals surface area (Å²) < 4.78 is 5.65. The van der Waals surface area contributed by atoms with Crippen LogP contribution >= 0.6 is 0 Å². The van der Waals surface area contributed by atoms with E-state index in [-0.39, 0.29) is 0 Å². The molecule has 1 saturated carbocycles. The van der Waals surface area contributed by atoms with Gasteiger partial charge in [0.2, 0.25) is 0 Å². The molecule has 0 saturated heterocycles. The van der Waals surface area contributed by atoms with Crippen LogP contribution in [0.5, 0.6) is 5.75 Å². The van der Waals surface area contributed by atoms with Crippen molar-refractivity contribution >= 4 is 33.5 Å². The molecule has 0 spiro atoms. The lowest BCUT2D eigenvalue weighted by Gasteiger charge is -2.28. The summed E-state index contributed by atoms with van der Waals surface area (Å²) in [4.78, 5) is 0. The summed E-state index contributed by atoms with van der Waals surface area (Å²) in [6.07, 6.45) is 9.01.